The summed E-state index contributed by atoms with van der Waals surface area (Å²) in [6.45, 7) is 1.19. The predicted molar refractivity (Wildman–Crippen MR) is 108 cm³/mol. The van der Waals surface area contributed by atoms with E-state index in [-0.39, 0.29) is 19.3 Å². The molecular formula is C22H20ClNO4. The summed E-state index contributed by atoms with van der Waals surface area (Å²) in [5, 5.41) is 5.45. The van der Waals surface area contributed by atoms with Crippen molar-refractivity contribution in [2.75, 3.05) is 13.2 Å². The number of hydrogen-bond acceptors (Lipinski definition) is 4. The Kier molecular flexibility index (Phi) is 6.50. The number of hydrogen-bond donors (Lipinski definition) is 1. The molecule has 0 saturated heterocycles. The highest BCUT2D eigenvalue weighted by atomic mass is 35.5. The Hall–Kier alpha value is -3.05. The van der Waals surface area contributed by atoms with E-state index in [1.807, 2.05) is 55.5 Å². The molecule has 0 heterocycles. The van der Waals surface area contributed by atoms with Crippen LogP contribution < -0.4 is 10.1 Å². The molecule has 0 aromatic heterocycles. The van der Waals surface area contributed by atoms with E-state index in [4.69, 9.17) is 21.1 Å². The van der Waals surface area contributed by atoms with Crippen LogP contribution in [0.2, 0.25) is 5.02 Å². The number of amides is 1. The van der Waals surface area contributed by atoms with Gasteiger partial charge in [0.15, 0.2) is 13.2 Å². The molecule has 0 aliphatic heterocycles. The maximum absolute atomic E-state index is 12.0. The Morgan fingerprint density at radius 1 is 0.964 bits per heavy atom. The van der Waals surface area contributed by atoms with Crippen molar-refractivity contribution in [2.24, 2.45) is 0 Å². The number of rotatable bonds is 7. The second kappa shape index (κ2) is 9.24. The van der Waals surface area contributed by atoms with Crippen LogP contribution in [0, 0.1) is 0 Å². The molecule has 0 bridgehead atoms. The van der Waals surface area contributed by atoms with Gasteiger partial charge in [-0.1, -0.05) is 54.1 Å². The van der Waals surface area contributed by atoms with Gasteiger partial charge in [0.1, 0.15) is 5.75 Å². The van der Waals surface area contributed by atoms with Gasteiger partial charge < -0.3 is 14.8 Å². The van der Waals surface area contributed by atoms with E-state index in [0.29, 0.717) is 10.8 Å². The number of nitrogens with one attached hydrogen (secondary N) is 1. The van der Waals surface area contributed by atoms with E-state index in [1.54, 1.807) is 18.2 Å². The molecule has 5 nitrogen and oxygen atoms in total. The van der Waals surface area contributed by atoms with E-state index >= 15 is 0 Å². The molecule has 0 radical (unpaired) electrons. The molecule has 3 aromatic carbocycles. The maximum Gasteiger partial charge on any atom is 0.344 e. The molecule has 1 N–H and O–H groups in total. The Balaban J connectivity index is 1.43. The summed E-state index contributed by atoms with van der Waals surface area (Å²) < 4.78 is 10.4. The molecule has 0 spiro atoms. The van der Waals surface area contributed by atoms with Gasteiger partial charge in [-0.25, -0.2) is 4.79 Å². The van der Waals surface area contributed by atoms with Crippen LogP contribution >= 0.6 is 11.6 Å². The molecule has 1 amide bonds. The van der Waals surface area contributed by atoms with Crippen molar-refractivity contribution in [1.82, 2.24) is 5.32 Å². The monoisotopic (exact) mass is 397 g/mol. The van der Waals surface area contributed by atoms with Crippen LogP contribution in [-0.4, -0.2) is 25.1 Å². The van der Waals surface area contributed by atoms with Crippen LogP contribution in [0.25, 0.3) is 10.8 Å². The van der Waals surface area contributed by atoms with Crippen molar-refractivity contribution in [3.8, 4) is 5.75 Å². The maximum atomic E-state index is 12.0. The Morgan fingerprint density at radius 2 is 1.75 bits per heavy atom. The van der Waals surface area contributed by atoms with Gasteiger partial charge in [-0.05, 0) is 47.5 Å². The molecule has 144 valence electrons. The summed E-state index contributed by atoms with van der Waals surface area (Å²) in [5.74, 6) is -0.445. The first-order valence-corrected chi connectivity index (χ1v) is 9.21. The van der Waals surface area contributed by atoms with Gasteiger partial charge in [0, 0.05) is 5.02 Å². The molecule has 28 heavy (non-hydrogen) atoms. The van der Waals surface area contributed by atoms with Crippen molar-refractivity contribution in [1.29, 1.82) is 0 Å². The quantitative estimate of drug-likeness (QED) is 0.604. The topological polar surface area (TPSA) is 64.6 Å². The van der Waals surface area contributed by atoms with E-state index in [2.05, 4.69) is 5.32 Å². The SMILES string of the molecule is C[C@@H](NC(=O)COC(=O)COc1ccc2ccccc2c1)c1cccc(Cl)c1. The second-order valence-corrected chi connectivity index (χ2v) is 6.74. The van der Waals surface area contributed by atoms with Gasteiger partial charge in [-0.15, -0.1) is 0 Å². The van der Waals surface area contributed by atoms with Crippen LogP contribution in [0.15, 0.2) is 66.7 Å². The van der Waals surface area contributed by atoms with Crippen LogP contribution in [0.4, 0.5) is 0 Å². The number of ether oxygens (including phenoxy) is 2. The zero-order valence-electron chi connectivity index (χ0n) is 15.4. The van der Waals surface area contributed by atoms with Crippen molar-refractivity contribution in [2.45, 2.75) is 13.0 Å². The average molecular weight is 398 g/mol. The van der Waals surface area contributed by atoms with Crippen LogP contribution in [0.3, 0.4) is 0 Å². The minimum Gasteiger partial charge on any atom is -0.482 e. The summed E-state index contributed by atoms with van der Waals surface area (Å²) in [5.41, 5.74) is 0.867. The number of esters is 1. The van der Waals surface area contributed by atoms with Gasteiger partial charge in [-0.3, -0.25) is 4.79 Å². The van der Waals surface area contributed by atoms with Crippen molar-refractivity contribution < 1.29 is 19.1 Å². The highest BCUT2D eigenvalue weighted by molar-refractivity contribution is 6.30. The van der Waals surface area contributed by atoms with Gasteiger partial charge in [0.05, 0.1) is 6.04 Å². The lowest BCUT2D eigenvalue weighted by molar-refractivity contribution is -0.150. The van der Waals surface area contributed by atoms with Gasteiger partial charge >= 0.3 is 5.97 Å². The summed E-state index contributed by atoms with van der Waals surface area (Å²) >= 11 is 5.95. The lowest BCUT2D eigenvalue weighted by atomic mass is 10.1. The Labute approximate surface area is 168 Å². The van der Waals surface area contributed by atoms with Gasteiger partial charge in [0.25, 0.3) is 5.91 Å². The third-order valence-corrected chi connectivity index (χ3v) is 4.40. The van der Waals surface area contributed by atoms with E-state index in [1.165, 1.54) is 0 Å². The van der Waals surface area contributed by atoms with Crippen LogP contribution in [0.5, 0.6) is 5.75 Å². The number of carbonyl (C=O) groups excluding carboxylic acids is 2. The largest absolute Gasteiger partial charge is 0.482 e. The molecule has 0 fully saturated rings. The molecule has 0 aliphatic rings. The standard InChI is InChI=1S/C22H20ClNO4/c1-15(17-7-4-8-19(23)11-17)24-21(25)13-28-22(26)14-27-20-10-9-16-5-2-3-6-18(16)12-20/h2-12,15H,13-14H2,1H3,(H,24,25)/t15-/m1/s1. The first-order valence-electron chi connectivity index (χ1n) is 8.83. The lowest BCUT2D eigenvalue weighted by Gasteiger charge is -2.14. The second-order valence-electron chi connectivity index (χ2n) is 6.30. The zero-order valence-corrected chi connectivity index (χ0v) is 16.1. The molecule has 6 heteroatoms. The van der Waals surface area contributed by atoms with Gasteiger partial charge in [-0.2, -0.15) is 0 Å². The Bertz CT molecular complexity index is 989. The Morgan fingerprint density at radius 3 is 2.54 bits per heavy atom. The van der Waals surface area contributed by atoms with Crippen molar-refractivity contribution >= 4 is 34.2 Å². The normalized spacial score (nSPS) is 11.6. The molecule has 3 rings (SSSR count). The fourth-order valence-electron chi connectivity index (χ4n) is 2.73. The van der Waals surface area contributed by atoms with E-state index in [0.717, 1.165) is 16.3 Å². The smallest absolute Gasteiger partial charge is 0.344 e. The number of halogens is 1. The summed E-state index contributed by atoms with van der Waals surface area (Å²) in [6.07, 6.45) is 0. The van der Waals surface area contributed by atoms with E-state index < -0.39 is 11.9 Å². The highest BCUT2D eigenvalue weighted by Gasteiger charge is 2.13. The first kappa shape index (κ1) is 19.7. The summed E-state index contributed by atoms with van der Waals surface area (Å²) in [7, 11) is 0. The fourth-order valence-corrected chi connectivity index (χ4v) is 2.93. The molecular weight excluding hydrogens is 378 g/mol. The van der Waals surface area contributed by atoms with E-state index in [9.17, 15) is 9.59 Å². The van der Waals surface area contributed by atoms with Crippen molar-refractivity contribution in [3.05, 3.63) is 77.3 Å². The highest BCUT2D eigenvalue weighted by Crippen LogP contribution is 2.20. The number of carbonyl (C=O) groups is 2. The van der Waals surface area contributed by atoms with Crippen LogP contribution in [0.1, 0.15) is 18.5 Å². The molecule has 0 unspecified atom stereocenters. The molecule has 1 atom stereocenters. The third-order valence-electron chi connectivity index (χ3n) is 4.17. The van der Waals surface area contributed by atoms with Gasteiger partial charge in [0.2, 0.25) is 0 Å². The predicted octanol–water partition coefficient (Wildman–Crippen LogP) is 4.29. The molecule has 3 aromatic rings. The van der Waals surface area contributed by atoms with Crippen LogP contribution in [-0.2, 0) is 14.3 Å². The number of benzene rings is 3. The minimum absolute atomic E-state index is 0.251. The minimum atomic E-state index is -0.612. The van der Waals surface area contributed by atoms with Crippen molar-refractivity contribution in [3.63, 3.8) is 0 Å². The number of fused-ring (bicyclic) bond motifs is 1. The molecule has 0 aliphatic carbocycles. The zero-order chi connectivity index (χ0) is 19.9. The molecule has 0 saturated carbocycles. The first-order chi connectivity index (χ1) is 13.5. The average Bonchev–Trinajstić information content (AvgIpc) is 2.70. The lowest BCUT2D eigenvalue weighted by Crippen LogP contribution is -2.31. The summed E-state index contributed by atoms with van der Waals surface area (Å²) in [4.78, 5) is 23.8. The summed E-state index contributed by atoms with van der Waals surface area (Å²) in [6, 6.07) is 20.4. The third kappa shape index (κ3) is 5.47. The fraction of sp³-hybridized carbons (Fsp3) is 0.182.